The molecule has 0 spiro atoms. The molecule has 0 unspecified atom stereocenters. The van der Waals surface area contributed by atoms with Gasteiger partial charge >= 0.3 is 0 Å². The van der Waals surface area contributed by atoms with E-state index < -0.39 is 11.6 Å². The standard InChI is InChI=1S/C23H20F2N4OS/c1-13-3-5-15(6-4-13)20-14(2)31-23-21(20)22(27-12-28-23)26-10-9-19(30)29-16-7-8-17(24)18(25)11-16/h3-8,11-12H,9-10H2,1-2H3,(H,29,30)(H,26,27,28). The number of carbonyl (C=O) groups is 1. The minimum atomic E-state index is -1.00. The number of hydrogen-bond acceptors (Lipinski definition) is 5. The molecule has 2 aromatic heterocycles. The van der Waals surface area contributed by atoms with E-state index >= 15 is 0 Å². The molecule has 0 aliphatic heterocycles. The van der Waals surface area contributed by atoms with Gasteiger partial charge in [0.05, 0.1) is 5.39 Å². The van der Waals surface area contributed by atoms with E-state index in [4.69, 9.17) is 0 Å². The normalized spacial score (nSPS) is 11.0. The van der Waals surface area contributed by atoms with Crippen molar-refractivity contribution in [1.82, 2.24) is 9.97 Å². The molecule has 0 saturated carbocycles. The van der Waals surface area contributed by atoms with Gasteiger partial charge in [-0.15, -0.1) is 11.3 Å². The van der Waals surface area contributed by atoms with Crippen molar-refractivity contribution in [3.05, 3.63) is 70.9 Å². The summed E-state index contributed by atoms with van der Waals surface area (Å²) in [5, 5.41) is 6.71. The third-order valence-electron chi connectivity index (χ3n) is 4.85. The van der Waals surface area contributed by atoms with Crippen LogP contribution in [-0.2, 0) is 4.79 Å². The Hall–Kier alpha value is -3.39. The Kier molecular flexibility index (Phi) is 5.90. The number of amides is 1. The van der Waals surface area contributed by atoms with E-state index in [1.54, 1.807) is 11.3 Å². The number of hydrogen-bond donors (Lipinski definition) is 2. The second-order valence-electron chi connectivity index (χ2n) is 7.16. The zero-order valence-corrected chi connectivity index (χ0v) is 17.8. The summed E-state index contributed by atoms with van der Waals surface area (Å²) in [4.78, 5) is 23.0. The summed E-state index contributed by atoms with van der Waals surface area (Å²) in [6.45, 7) is 4.42. The van der Waals surface area contributed by atoms with Crippen molar-refractivity contribution < 1.29 is 13.6 Å². The number of benzene rings is 2. The lowest BCUT2D eigenvalue weighted by atomic mass is 10.0. The Morgan fingerprint density at radius 2 is 1.81 bits per heavy atom. The molecule has 4 rings (SSSR count). The highest BCUT2D eigenvalue weighted by Gasteiger charge is 2.17. The second-order valence-corrected chi connectivity index (χ2v) is 8.36. The molecule has 0 aliphatic rings. The van der Waals surface area contributed by atoms with Crippen LogP contribution in [0.3, 0.4) is 0 Å². The topological polar surface area (TPSA) is 66.9 Å². The number of aromatic nitrogens is 2. The minimum Gasteiger partial charge on any atom is -0.369 e. The van der Waals surface area contributed by atoms with Gasteiger partial charge in [-0.1, -0.05) is 29.8 Å². The molecule has 2 heterocycles. The first-order valence-electron chi connectivity index (χ1n) is 9.72. The summed E-state index contributed by atoms with van der Waals surface area (Å²) >= 11 is 1.60. The zero-order chi connectivity index (χ0) is 22.0. The fraction of sp³-hybridized carbons (Fsp3) is 0.174. The molecule has 31 heavy (non-hydrogen) atoms. The third kappa shape index (κ3) is 4.54. The lowest BCUT2D eigenvalue weighted by Crippen LogP contribution is -2.17. The van der Waals surface area contributed by atoms with Gasteiger partial charge in [-0.25, -0.2) is 18.7 Å². The summed E-state index contributed by atoms with van der Waals surface area (Å²) in [6, 6.07) is 11.5. The second kappa shape index (κ2) is 8.77. The Bertz CT molecular complexity index is 1250. The molecule has 1 amide bonds. The average molecular weight is 439 g/mol. The third-order valence-corrected chi connectivity index (χ3v) is 5.87. The first-order chi connectivity index (χ1) is 14.9. The maximum Gasteiger partial charge on any atom is 0.226 e. The minimum absolute atomic E-state index is 0.132. The van der Waals surface area contributed by atoms with Crippen molar-refractivity contribution in [1.29, 1.82) is 0 Å². The van der Waals surface area contributed by atoms with E-state index in [0.717, 1.165) is 38.4 Å². The predicted molar refractivity (Wildman–Crippen MR) is 120 cm³/mol. The fourth-order valence-electron chi connectivity index (χ4n) is 3.34. The van der Waals surface area contributed by atoms with E-state index in [2.05, 4.69) is 51.8 Å². The van der Waals surface area contributed by atoms with Gasteiger partial charge in [0.2, 0.25) is 5.91 Å². The number of halogens is 2. The van der Waals surface area contributed by atoms with Gasteiger partial charge < -0.3 is 10.6 Å². The van der Waals surface area contributed by atoms with Crippen molar-refractivity contribution in [3.63, 3.8) is 0 Å². The van der Waals surface area contributed by atoms with E-state index in [1.807, 2.05) is 6.92 Å². The fourth-order valence-corrected chi connectivity index (χ4v) is 4.35. The molecule has 0 radical (unpaired) electrons. The number of nitrogens with one attached hydrogen (secondary N) is 2. The van der Waals surface area contributed by atoms with Gasteiger partial charge in [-0.3, -0.25) is 4.79 Å². The number of nitrogens with zero attached hydrogens (tertiary/aromatic N) is 2. The molecule has 0 saturated heterocycles. The van der Waals surface area contributed by atoms with Crippen molar-refractivity contribution in [2.75, 3.05) is 17.2 Å². The first kappa shape index (κ1) is 20.9. The maximum atomic E-state index is 13.3. The number of thiophene rings is 1. The first-order valence-corrected chi connectivity index (χ1v) is 10.5. The molecule has 0 bridgehead atoms. The Morgan fingerprint density at radius 1 is 1.03 bits per heavy atom. The van der Waals surface area contributed by atoms with Crippen LogP contribution < -0.4 is 10.6 Å². The van der Waals surface area contributed by atoms with Crippen LogP contribution in [0.25, 0.3) is 21.3 Å². The Morgan fingerprint density at radius 3 is 2.55 bits per heavy atom. The van der Waals surface area contributed by atoms with Crippen LogP contribution >= 0.6 is 11.3 Å². The molecule has 0 aliphatic carbocycles. The number of fused-ring (bicyclic) bond motifs is 1. The van der Waals surface area contributed by atoms with Gasteiger partial charge in [0.15, 0.2) is 11.6 Å². The lowest BCUT2D eigenvalue weighted by molar-refractivity contribution is -0.115. The highest BCUT2D eigenvalue weighted by molar-refractivity contribution is 7.19. The Labute approximate surface area is 182 Å². The zero-order valence-electron chi connectivity index (χ0n) is 17.0. The van der Waals surface area contributed by atoms with Gasteiger partial charge in [0.25, 0.3) is 0 Å². The smallest absolute Gasteiger partial charge is 0.226 e. The molecule has 0 atom stereocenters. The number of anilines is 2. The van der Waals surface area contributed by atoms with Crippen molar-refractivity contribution >= 4 is 39.0 Å². The van der Waals surface area contributed by atoms with Crippen molar-refractivity contribution in [2.45, 2.75) is 20.3 Å². The Balaban J connectivity index is 1.50. The van der Waals surface area contributed by atoms with Crippen LogP contribution in [0.4, 0.5) is 20.3 Å². The van der Waals surface area contributed by atoms with Gasteiger partial charge in [-0.05, 0) is 31.5 Å². The van der Waals surface area contributed by atoms with E-state index in [9.17, 15) is 13.6 Å². The van der Waals surface area contributed by atoms with Crippen LogP contribution in [-0.4, -0.2) is 22.4 Å². The van der Waals surface area contributed by atoms with Crippen LogP contribution in [0.5, 0.6) is 0 Å². The van der Waals surface area contributed by atoms with Crippen LogP contribution in [0, 0.1) is 25.5 Å². The summed E-state index contributed by atoms with van der Waals surface area (Å²) < 4.78 is 26.3. The lowest BCUT2D eigenvalue weighted by Gasteiger charge is -2.10. The molecule has 5 nitrogen and oxygen atoms in total. The van der Waals surface area contributed by atoms with Gasteiger partial charge in [-0.2, -0.15) is 0 Å². The van der Waals surface area contributed by atoms with Gasteiger partial charge in [0.1, 0.15) is 17.0 Å². The van der Waals surface area contributed by atoms with E-state index in [0.29, 0.717) is 12.4 Å². The quantitative estimate of drug-likeness (QED) is 0.406. The van der Waals surface area contributed by atoms with Crippen molar-refractivity contribution in [2.24, 2.45) is 0 Å². The molecule has 2 N–H and O–H groups in total. The van der Waals surface area contributed by atoms with Gasteiger partial charge in [0, 0.05) is 35.2 Å². The number of aryl methyl sites for hydroxylation is 2. The number of rotatable bonds is 6. The number of carbonyl (C=O) groups excluding carboxylic acids is 1. The van der Waals surface area contributed by atoms with Crippen LogP contribution in [0.15, 0.2) is 48.8 Å². The summed E-state index contributed by atoms with van der Waals surface area (Å²) in [6.07, 6.45) is 1.63. The SMILES string of the molecule is Cc1ccc(-c2c(C)sc3ncnc(NCCC(=O)Nc4ccc(F)c(F)c4)c23)cc1. The molecular weight excluding hydrogens is 418 g/mol. The summed E-state index contributed by atoms with van der Waals surface area (Å²) in [7, 11) is 0. The van der Waals surface area contributed by atoms with Crippen molar-refractivity contribution in [3.8, 4) is 11.1 Å². The maximum absolute atomic E-state index is 13.3. The molecule has 4 aromatic rings. The van der Waals surface area contributed by atoms with Crippen LogP contribution in [0.2, 0.25) is 0 Å². The van der Waals surface area contributed by atoms with Crippen LogP contribution in [0.1, 0.15) is 16.9 Å². The average Bonchev–Trinajstić information content (AvgIpc) is 3.08. The largest absolute Gasteiger partial charge is 0.369 e. The molecule has 0 fully saturated rings. The molecule has 8 heteroatoms. The molecular formula is C23H20F2N4OS. The summed E-state index contributed by atoms with van der Waals surface area (Å²) in [5.74, 6) is -1.62. The monoisotopic (exact) mass is 438 g/mol. The highest BCUT2D eigenvalue weighted by atomic mass is 32.1. The predicted octanol–water partition coefficient (Wildman–Crippen LogP) is 5.69. The van der Waals surface area contributed by atoms with E-state index in [-0.39, 0.29) is 18.0 Å². The summed E-state index contributed by atoms with van der Waals surface area (Å²) in [5.41, 5.74) is 3.56. The highest BCUT2D eigenvalue weighted by Crippen LogP contribution is 2.40. The molecule has 2 aromatic carbocycles. The molecule has 158 valence electrons. The van der Waals surface area contributed by atoms with E-state index in [1.165, 1.54) is 18.0 Å².